The SMILES string of the molecule is CCC(C(=O)NC)C1CCC(C)C(C(C)C(O)C(C)C(=O)C(CC)C2OC3(C=CC(OC(C)=O)C4(CCC(C)(C5CCC(O)(CC)C(C)O5)O4)O3)C(C)CC2C)O1. The lowest BCUT2D eigenvalue weighted by Crippen LogP contribution is -2.63. The van der Waals surface area contributed by atoms with Crippen LogP contribution in [0.25, 0.3) is 0 Å². The van der Waals surface area contributed by atoms with E-state index in [1.54, 1.807) is 14.0 Å². The number of ketones is 1. The van der Waals surface area contributed by atoms with Crippen LogP contribution in [0.4, 0.5) is 0 Å². The van der Waals surface area contributed by atoms with E-state index in [-0.39, 0.29) is 65.7 Å². The molecular weight excluding hydrogens is 730 g/mol. The number of aliphatic hydroxyl groups is 2. The molecule has 3 N–H and O–H groups in total. The predicted molar refractivity (Wildman–Crippen MR) is 215 cm³/mol. The lowest BCUT2D eigenvalue weighted by Gasteiger charge is -2.54. The molecule has 5 aliphatic heterocycles. The van der Waals surface area contributed by atoms with Gasteiger partial charge in [-0.15, -0.1) is 0 Å². The fraction of sp³-hybridized carbons (Fsp3) is 0.889. The van der Waals surface area contributed by atoms with E-state index < -0.39 is 58.9 Å². The molecule has 18 unspecified atom stereocenters. The molecule has 57 heavy (non-hydrogen) atoms. The third-order valence-electron chi connectivity index (χ3n) is 15.0. The lowest BCUT2D eigenvalue weighted by molar-refractivity contribution is -0.409. The molecule has 0 radical (unpaired) electrons. The number of esters is 1. The first-order chi connectivity index (χ1) is 26.7. The number of hydrogen-bond donors (Lipinski definition) is 3. The Kier molecular flexibility index (Phi) is 14.5. The molecule has 4 fully saturated rings. The van der Waals surface area contributed by atoms with Gasteiger partial charge in [-0.05, 0) is 95.6 Å². The second-order valence-electron chi connectivity index (χ2n) is 18.8. The van der Waals surface area contributed by atoms with Gasteiger partial charge in [-0.3, -0.25) is 14.4 Å². The van der Waals surface area contributed by atoms with Crippen LogP contribution < -0.4 is 5.32 Å². The lowest BCUT2D eigenvalue weighted by atomic mass is 9.72. The first kappa shape index (κ1) is 46.1. The second-order valence-corrected chi connectivity index (χ2v) is 18.8. The van der Waals surface area contributed by atoms with E-state index in [9.17, 15) is 24.6 Å². The number of amides is 1. The van der Waals surface area contributed by atoms with Crippen LogP contribution in [0.5, 0.6) is 0 Å². The minimum atomic E-state index is -1.37. The van der Waals surface area contributed by atoms with Gasteiger partial charge in [0.25, 0.3) is 0 Å². The number of Topliss-reactive ketones (excluding diaryl/α,β-unsaturated/α-hetero) is 1. The molecule has 326 valence electrons. The molecule has 4 saturated heterocycles. The third-order valence-corrected chi connectivity index (χ3v) is 15.0. The normalized spacial score (nSPS) is 43.6. The predicted octanol–water partition coefficient (Wildman–Crippen LogP) is 6.42. The quantitative estimate of drug-likeness (QED) is 0.139. The maximum absolute atomic E-state index is 14.6. The van der Waals surface area contributed by atoms with E-state index in [1.165, 1.54) is 6.92 Å². The van der Waals surface area contributed by atoms with Gasteiger partial charge in [0.05, 0.1) is 53.7 Å². The fourth-order valence-corrected chi connectivity index (χ4v) is 11.0. The molecule has 0 aromatic carbocycles. The fourth-order valence-electron chi connectivity index (χ4n) is 11.0. The summed E-state index contributed by atoms with van der Waals surface area (Å²) in [6.07, 6.45) is 6.38. The number of ether oxygens (including phenoxy) is 6. The van der Waals surface area contributed by atoms with Gasteiger partial charge in [0.2, 0.25) is 11.7 Å². The highest BCUT2D eigenvalue weighted by Gasteiger charge is 2.64. The van der Waals surface area contributed by atoms with E-state index in [0.717, 1.165) is 12.8 Å². The largest absolute Gasteiger partial charge is 0.453 e. The maximum atomic E-state index is 14.6. The molecular formula is C45H75NO11. The summed E-state index contributed by atoms with van der Waals surface area (Å²) in [6.45, 7) is 21.3. The van der Waals surface area contributed by atoms with E-state index in [0.29, 0.717) is 51.4 Å². The average molecular weight is 806 g/mol. The summed E-state index contributed by atoms with van der Waals surface area (Å²) in [4.78, 5) is 39.7. The van der Waals surface area contributed by atoms with Crippen molar-refractivity contribution in [1.29, 1.82) is 0 Å². The highest BCUT2D eigenvalue weighted by Crippen LogP contribution is 2.54. The van der Waals surface area contributed by atoms with Crippen molar-refractivity contribution in [2.45, 2.75) is 206 Å². The van der Waals surface area contributed by atoms with E-state index in [2.05, 4.69) is 26.1 Å². The summed E-state index contributed by atoms with van der Waals surface area (Å²) >= 11 is 0. The number of nitrogens with one attached hydrogen (secondary N) is 1. The Morgan fingerprint density at radius 2 is 1.60 bits per heavy atom. The maximum Gasteiger partial charge on any atom is 0.303 e. The van der Waals surface area contributed by atoms with E-state index in [1.807, 2.05) is 53.7 Å². The van der Waals surface area contributed by atoms with Crippen LogP contribution >= 0.6 is 0 Å². The zero-order valence-corrected chi connectivity index (χ0v) is 36.9. The first-order valence-corrected chi connectivity index (χ1v) is 22.1. The molecule has 0 aromatic heterocycles. The van der Waals surface area contributed by atoms with Crippen LogP contribution in [0.3, 0.4) is 0 Å². The molecule has 0 bridgehead atoms. The number of aliphatic hydroxyl groups excluding tert-OH is 1. The standard InChI is InChI=1S/C45H75NO11/c1-13-32(41(50)46-12)34-17-16-25(4)39(54-34)29(8)37(48)28(7)38(49)33(14-2)40-26(5)24-27(6)44(55-40)21-19-36(53-31(10)47)45(57-44)23-22-42(11,56-45)35-18-20-43(51,15-3)30(9)52-35/h19,21,25-30,32-37,39-40,48,51H,13-18,20,22-24H2,1-12H3,(H,46,50). The van der Waals surface area contributed by atoms with Crippen LogP contribution in [0, 0.1) is 41.4 Å². The Bertz CT molecular complexity index is 1460. The van der Waals surface area contributed by atoms with Crippen molar-refractivity contribution >= 4 is 17.7 Å². The zero-order chi connectivity index (χ0) is 42.2. The smallest absolute Gasteiger partial charge is 0.303 e. The molecule has 2 spiro atoms. The molecule has 12 nitrogen and oxygen atoms in total. The van der Waals surface area contributed by atoms with Crippen molar-refractivity contribution in [3.63, 3.8) is 0 Å². The minimum absolute atomic E-state index is 0.00258. The minimum Gasteiger partial charge on any atom is -0.453 e. The van der Waals surface area contributed by atoms with Crippen LogP contribution in [-0.2, 0) is 42.8 Å². The van der Waals surface area contributed by atoms with Gasteiger partial charge >= 0.3 is 5.97 Å². The molecule has 1 amide bonds. The molecule has 5 heterocycles. The third kappa shape index (κ3) is 8.94. The summed E-state index contributed by atoms with van der Waals surface area (Å²) in [5.41, 5.74) is -1.69. The molecule has 5 aliphatic rings. The Balaban J connectivity index is 1.36. The van der Waals surface area contributed by atoms with E-state index >= 15 is 0 Å². The first-order valence-electron chi connectivity index (χ1n) is 22.1. The summed E-state index contributed by atoms with van der Waals surface area (Å²) in [5, 5.41) is 25.8. The molecule has 0 saturated carbocycles. The second kappa shape index (κ2) is 18.0. The van der Waals surface area contributed by atoms with Crippen molar-refractivity contribution in [2.24, 2.45) is 41.4 Å². The van der Waals surface area contributed by atoms with Gasteiger partial charge < -0.3 is 44.0 Å². The molecule has 0 aromatic rings. The van der Waals surface area contributed by atoms with Gasteiger partial charge in [0.1, 0.15) is 5.78 Å². The average Bonchev–Trinajstić information content (AvgIpc) is 3.52. The van der Waals surface area contributed by atoms with E-state index in [4.69, 9.17) is 28.4 Å². The topological polar surface area (TPSA) is 159 Å². The van der Waals surface area contributed by atoms with Crippen molar-refractivity contribution in [3.05, 3.63) is 12.2 Å². The molecule has 5 rings (SSSR count). The van der Waals surface area contributed by atoms with Gasteiger partial charge in [-0.25, -0.2) is 0 Å². The van der Waals surface area contributed by atoms with Gasteiger partial charge in [0, 0.05) is 44.1 Å². The van der Waals surface area contributed by atoms with Crippen LogP contribution in [0.2, 0.25) is 0 Å². The van der Waals surface area contributed by atoms with Crippen LogP contribution in [-0.4, -0.2) is 100 Å². The van der Waals surface area contributed by atoms with Crippen LogP contribution in [0.1, 0.15) is 140 Å². The summed E-state index contributed by atoms with van der Waals surface area (Å²) in [6, 6.07) is 0. The van der Waals surface area contributed by atoms with Crippen LogP contribution in [0.15, 0.2) is 12.2 Å². The van der Waals surface area contributed by atoms with Gasteiger partial charge in [0.15, 0.2) is 11.9 Å². The van der Waals surface area contributed by atoms with Crippen molar-refractivity contribution < 1.29 is 53.0 Å². The molecule has 18 atom stereocenters. The number of hydrogen-bond acceptors (Lipinski definition) is 11. The Morgan fingerprint density at radius 1 is 0.912 bits per heavy atom. The highest BCUT2D eigenvalue weighted by molar-refractivity contribution is 5.84. The van der Waals surface area contributed by atoms with Gasteiger partial charge in [-0.1, -0.05) is 55.4 Å². The molecule has 12 heteroatoms. The Morgan fingerprint density at radius 3 is 2.19 bits per heavy atom. The monoisotopic (exact) mass is 806 g/mol. The summed E-state index contributed by atoms with van der Waals surface area (Å²) in [5.74, 6) is -5.02. The van der Waals surface area contributed by atoms with Gasteiger partial charge in [-0.2, -0.15) is 0 Å². The number of carbonyl (C=O) groups excluding carboxylic acids is 3. The Hall–Kier alpha value is -1.93. The number of rotatable bonds is 13. The van der Waals surface area contributed by atoms with Crippen molar-refractivity contribution in [2.75, 3.05) is 7.05 Å². The molecule has 0 aliphatic carbocycles. The summed E-state index contributed by atoms with van der Waals surface area (Å²) in [7, 11) is 1.64. The highest BCUT2D eigenvalue weighted by atomic mass is 16.8. The Labute approximate surface area is 341 Å². The summed E-state index contributed by atoms with van der Waals surface area (Å²) < 4.78 is 40.1. The zero-order valence-electron chi connectivity index (χ0n) is 36.9. The van der Waals surface area contributed by atoms with Crippen molar-refractivity contribution in [1.82, 2.24) is 5.32 Å². The van der Waals surface area contributed by atoms with Crippen molar-refractivity contribution in [3.8, 4) is 0 Å². The number of carbonyl (C=O) groups is 3.